The standard InChI is InChI=1S/C24H28O4.C23H30O3.C20H21ClO4.C20H24O2/c1-5-21(17-9-13-19(14-10-17)27-23(25)7-3)22(6-2)18-11-15-20(16-12-18)28-24(26)8-4;1-8-26-23(24)14-17(3)11-9-10-16(2)12-13-21-18(4)15-22(25-7)20(6)19(21)5;1-13(2)24-19(23)20(3,4)25-17-11-7-15(8-12-17)18(22)14-5-9-16(21)10-6-14;1-5-19(15-7-11-17(21-3)12-8-15)20(6-2)16-9-13-18(22-4)14-10-16/h9-16H,5-8H2,1-4H3;9-15H,8H2,1-7H3;5-13H,1-4H3;7-14H,5-6H2,1-4H3/b22-21+;11-9+,13-12+,16-10+,17-14+;;20-19+. The number of ether oxygens (including phenoxy) is 8. The van der Waals surface area contributed by atoms with Gasteiger partial charge in [-0.1, -0.05) is 138 Å². The highest BCUT2D eigenvalue weighted by atomic mass is 35.5. The van der Waals surface area contributed by atoms with Gasteiger partial charge in [0.15, 0.2) is 11.4 Å². The average Bonchev–Trinajstić information content (AvgIpc) is 0.841. The summed E-state index contributed by atoms with van der Waals surface area (Å²) in [4.78, 5) is 58.8. The molecule has 0 saturated heterocycles. The lowest BCUT2D eigenvalue weighted by atomic mass is 9.91. The number of halogens is 1. The maximum absolute atomic E-state index is 12.4. The highest BCUT2D eigenvalue weighted by Crippen LogP contribution is 2.36. The van der Waals surface area contributed by atoms with Gasteiger partial charge in [0.2, 0.25) is 0 Å². The van der Waals surface area contributed by atoms with Crippen LogP contribution in [0.5, 0.6) is 34.5 Å². The van der Waals surface area contributed by atoms with Gasteiger partial charge in [-0.3, -0.25) is 14.4 Å². The first-order valence-corrected chi connectivity index (χ1v) is 34.8. The minimum Gasteiger partial charge on any atom is -0.497 e. The fraction of sp³-hybridized carbons (Fsp3) is 0.322. The molecule has 7 aromatic carbocycles. The van der Waals surface area contributed by atoms with Gasteiger partial charge in [0.1, 0.15) is 34.5 Å². The van der Waals surface area contributed by atoms with Crippen LogP contribution in [0.25, 0.3) is 28.4 Å². The molecular formula is C87H103ClO13. The molecule has 0 radical (unpaired) electrons. The number of esters is 4. The molecule has 0 amide bonds. The van der Waals surface area contributed by atoms with E-state index in [0.29, 0.717) is 52.8 Å². The predicted octanol–water partition coefficient (Wildman–Crippen LogP) is 21.8. The first kappa shape index (κ1) is 83.4. The van der Waals surface area contributed by atoms with Crippen molar-refractivity contribution < 1.29 is 61.9 Å². The molecule has 13 nitrogen and oxygen atoms in total. The number of ketones is 1. The molecule has 0 unspecified atom stereocenters. The zero-order valence-electron chi connectivity index (χ0n) is 62.6. The lowest BCUT2D eigenvalue weighted by Gasteiger charge is -2.25. The molecule has 7 rings (SSSR count). The molecular weight excluding hydrogens is 1290 g/mol. The van der Waals surface area contributed by atoms with Gasteiger partial charge >= 0.3 is 23.9 Å². The molecule has 101 heavy (non-hydrogen) atoms. The van der Waals surface area contributed by atoms with Gasteiger partial charge in [-0.25, -0.2) is 9.59 Å². The van der Waals surface area contributed by atoms with Crippen molar-refractivity contribution in [1.29, 1.82) is 0 Å². The molecule has 14 heteroatoms. The molecule has 0 aliphatic rings. The summed E-state index contributed by atoms with van der Waals surface area (Å²) in [5.74, 6) is 2.98. The minimum atomic E-state index is -1.12. The van der Waals surface area contributed by atoms with Crippen molar-refractivity contribution in [2.75, 3.05) is 27.9 Å². The smallest absolute Gasteiger partial charge is 0.350 e. The van der Waals surface area contributed by atoms with Crippen LogP contribution in [0, 0.1) is 20.8 Å². The average molecular weight is 1390 g/mol. The summed E-state index contributed by atoms with van der Waals surface area (Å²) in [5, 5.41) is 0.579. The van der Waals surface area contributed by atoms with Crippen molar-refractivity contribution in [2.45, 2.75) is 161 Å². The minimum absolute atomic E-state index is 0.110. The number of rotatable bonds is 27. The molecule has 0 aliphatic carbocycles. The van der Waals surface area contributed by atoms with Crippen LogP contribution in [-0.2, 0) is 28.7 Å². The maximum atomic E-state index is 12.4. The van der Waals surface area contributed by atoms with Crippen LogP contribution in [0.2, 0.25) is 5.02 Å². The normalized spacial score (nSPS) is 11.9. The van der Waals surface area contributed by atoms with Crippen LogP contribution >= 0.6 is 11.6 Å². The summed E-state index contributed by atoms with van der Waals surface area (Å²) >= 11 is 5.84. The Morgan fingerprint density at radius 3 is 1.23 bits per heavy atom. The second-order valence-electron chi connectivity index (χ2n) is 24.2. The van der Waals surface area contributed by atoms with Crippen molar-refractivity contribution in [3.05, 3.63) is 254 Å². The third-order valence-corrected chi connectivity index (χ3v) is 16.3. The fourth-order valence-electron chi connectivity index (χ4n) is 10.5. The topological polar surface area (TPSA) is 159 Å². The lowest BCUT2D eigenvalue weighted by molar-refractivity contribution is -0.163. The van der Waals surface area contributed by atoms with Crippen LogP contribution in [0.15, 0.2) is 193 Å². The van der Waals surface area contributed by atoms with E-state index in [1.165, 1.54) is 61.7 Å². The number of aryl methyl sites for hydroxylation is 1. The summed E-state index contributed by atoms with van der Waals surface area (Å²) in [5.41, 5.74) is 16.7. The number of hydrogen-bond donors (Lipinski definition) is 0. The van der Waals surface area contributed by atoms with E-state index in [4.69, 9.17) is 49.5 Å². The van der Waals surface area contributed by atoms with E-state index in [0.717, 1.165) is 65.2 Å². The van der Waals surface area contributed by atoms with Crippen molar-refractivity contribution in [2.24, 2.45) is 0 Å². The highest BCUT2D eigenvalue weighted by Gasteiger charge is 2.32. The molecule has 0 heterocycles. The zero-order valence-corrected chi connectivity index (χ0v) is 63.4. The van der Waals surface area contributed by atoms with Gasteiger partial charge in [-0.05, 0) is 270 Å². The fourth-order valence-corrected chi connectivity index (χ4v) is 10.6. The Balaban J connectivity index is 0.000000286. The monoisotopic (exact) mass is 1390 g/mol. The summed E-state index contributed by atoms with van der Waals surface area (Å²) in [6.45, 7) is 31.5. The molecule has 0 fully saturated rings. The Morgan fingerprint density at radius 1 is 0.475 bits per heavy atom. The van der Waals surface area contributed by atoms with Gasteiger partial charge in [0, 0.05) is 35.1 Å². The number of benzene rings is 7. The summed E-state index contributed by atoms with van der Waals surface area (Å²) < 4.78 is 42.2. The molecule has 0 aromatic heterocycles. The number of hydrogen-bond acceptors (Lipinski definition) is 13. The third-order valence-electron chi connectivity index (χ3n) is 16.1. The Hall–Kier alpha value is -9.98. The first-order valence-electron chi connectivity index (χ1n) is 34.4. The van der Waals surface area contributed by atoms with E-state index in [1.807, 2.05) is 105 Å². The van der Waals surface area contributed by atoms with Gasteiger partial charge in [0.05, 0.1) is 34.0 Å². The van der Waals surface area contributed by atoms with Crippen molar-refractivity contribution in [3.63, 3.8) is 0 Å². The van der Waals surface area contributed by atoms with Gasteiger partial charge in [0.25, 0.3) is 0 Å². The Kier molecular flexibility index (Phi) is 35.4. The van der Waals surface area contributed by atoms with E-state index in [9.17, 15) is 24.0 Å². The van der Waals surface area contributed by atoms with E-state index in [2.05, 4.69) is 91.0 Å². The largest absolute Gasteiger partial charge is 0.497 e. The van der Waals surface area contributed by atoms with E-state index >= 15 is 0 Å². The molecule has 7 aromatic rings. The molecule has 0 N–H and O–H groups in total. The van der Waals surface area contributed by atoms with Crippen LogP contribution in [0.1, 0.15) is 189 Å². The van der Waals surface area contributed by atoms with Crippen LogP contribution in [0.3, 0.4) is 0 Å². The number of carbonyl (C=O) groups excluding carboxylic acids is 5. The van der Waals surface area contributed by atoms with Gasteiger partial charge in [-0.15, -0.1) is 0 Å². The van der Waals surface area contributed by atoms with Crippen molar-refractivity contribution in [1.82, 2.24) is 0 Å². The maximum Gasteiger partial charge on any atom is 0.350 e. The zero-order chi connectivity index (χ0) is 74.8. The van der Waals surface area contributed by atoms with E-state index in [-0.39, 0.29) is 29.8 Å². The summed E-state index contributed by atoms with van der Waals surface area (Å²) in [6.07, 6.45) is 15.8. The SMILES string of the molecule is CC(C)OC(=O)C(C)(C)Oc1ccc(C(=O)c2ccc(Cl)cc2)cc1.CC/C(=C(/CC)c1ccc(OC)cc1)c1ccc(OC)cc1.CCC(=O)Oc1ccc(/C(CC)=C(\CC)c2ccc(OC(=O)CC)cc2)cc1.CCOC(=O)/C=C(C)/C=C/C=C(C)/C=C/c1c(C)cc(OC)c(C)c1C. The van der Waals surface area contributed by atoms with E-state index in [1.54, 1.807) is 118 Å². The second-order valence-corrected chi connectivity index (χ2v) is 24.7. The van der Waals surface area contributed by atoms with Crippen molar-refractivity contribution >= 4 is 69.6 Å². The first-order chi connectivity index (χ1) is 48.2. The van der Waals surface area contributed by atoms with E-state index < -0.39 is 11.6 Å². The summed E-state index contributed by atoms with van der Waals surface area (Å²) in [7, 11) is 5.09. The second kappa shape index (κ2) is 42.9. The highest BCUT2D eigenvalue weighted by molar-refractivity contribution is 6.30. The van der Waals surface area contributed by atoms with Crippen molar-refractivity contribution in [3.8, 4) is 34.5 Å². The molecule has 0 aliphatic heterocycles. The quantitative estimate of drug-likeness (QED) is 0.0120. The lowest BCUT2D eigenvalue weighted by Crippen LogP contribution is -2.40. The van der Waals surface area contributed by atoms with Gasteiger partial charge in [-0.2, -0.15) is 0 Å². The summed E-state index contributed by atoms with van der Waals surface area (Å²) in [6, 6.07) is 47.3. The Bertz CT molecular complexity index is 3880. The van der Waals surface area contributed by atoms with Crippen LogP contribution in [-0.4, -0.2) is 69.3 Å². The number of methoxy groups -OCH3 is 3. The Morgan fingerprint density at radius 2 is 0.861 bits per heavy atom. The van der Waals surface area contributed by atoms with Crippen LogP contribution in [0.4, 0.5) is 0 Å². The third kappa shape index (κ3) is 26.9. The van der Waals surface area contributed by atoms with Gasteiger partial charge < -0.3 is 37.9 Å². The molecule has 0 spiro atoms. The van der Waals surface area contributed by atoms with Crippen LogP contribution < -0.4 is 28.4 Å². The molecule has 536 valence electrons. The number of allylic oxidation sites excluding steroid dienone is 10. The molecule has 0 bridgehead atoms. The Labute approximate surface area is 605 Å². The molecule has 0 saturated carbocycles. The molecule has 0 atom stereocenters. The predicted molar refractivity (Wildman–Crippen MR) is 412 cm³/mol. The number of carbonyl (C=O) groups is 5.